The first-order chi connectivity index (χ1) is 14.1. The summed E-state index contributed by atoms with van der Waals surface area (Å²) in [7, 11) is -3.91. The van der Waals surface area contributed by atoms with E-state index in [1.54, 1.807) is 0 Å². The summed E-state index contributed by atoms with van der Waals surface area (Å²) in [4.78, 5) is 0. The highest BCUT2D eigenvalue weighted by Gasteiger charge is 2.44. The zero-order valence-electron chi connectivity index (χ0n) is 23.2. The van der Waals surface area contributed by atoms with Gasteiger partial charge < -0.3 is 14.0 Å². The highest BCUT2D eigenvalue weighted by atomic mass is 28.4. The van der Waals surface area contributed by atoms with E-state index in [0.717, 1.165) is 12.8 Å². The Morgan fingerprint density at radius 1 is 0.613 bits per heavy atom. The summed E-state index contributed by atoms with van der Waals surface area (Å²) < 4.78 is 13.6. The molecule has 0 amide bonds. The Labute approximate surface area is 198 Å². The second-order valence-electron chi connectivity index (χ2n) is 12.6. The van der Waals surface area contributed by atoms with Gasteiger partial charge in [0.05, 0.1) is 18.8 Å². The fraction of sp³-hybridized carbons (Fsp3) is 1.00. The van der Waals surface area contributed by atoms with Gasteiger partial charge in [-0.05, 0) is 42.7 Å². The van der Waals surface area contributed by atoms with Crippen molar-refractivity contribution in [2.24, 2.45) is 0 Å². The molecule has 0 aromatic rings. The van der Waals surface area contributed by atoms with Gasteiger partial charge in [-0.3, -0.25) is 0 Å². The van der Waals surface area contributed by atoms with Crippen molar-refractivity contribution >= 4 is 16.6 Å². The monoisotopic (exact) mass is 474 g/mol. The fourth-order valence-corrected chi connectivity index (χ4v) is 6.03. The third-order valence-corrected chi connectivity index (χ3v) is 16.7. The lowest BCUT2D eigenvalue weighted by atomic mass is 10.0. The minimum absolute atomic E-state index is 0.00966. The van der Waals surface area contributed by atoms with E-state index in [-0.39, 0.29) is 28.9 Å². The van der Waals surface area contributed by atoms with Gasteiger partial charge in [0.1, 0.15) is 0 Å². The molecule has 0 aromatic carbocycles. The highest BCUT2D eigenvalue weighted by molar-refractivity contribution is 6.74. The van der Waals surface area contributed by atoms with Gasteiger partial charge in [0.15, 0.2) is 16.6 Å². The van der Waals surface area contributed by atoms with Crippen LogP contribution in [0.15, 0.2) is 0 Å². The average molecular weight is 475 g/mol. The first-order valence-electron chi connectivity index (χ1n) is 13.1. The third-order valence-electron chi connectivity index (χ3n) is 7.69. The Hall–Kier alpha value is 0.314. The van der Waals surface area contributed by atoms with Gasteiger partial charge in [0.25, 0.3) is 0 Å². The predicted molar refractivity (Wildman–Crippen MR) is 143 cm³/mol. The Kier molecular flexibility index (Phi) is 14.0. The first-order valence-corrected chi connectivity index (χ1v) is 18.9. The maximum absolute atomic E-state index is 10.3. The summed E-state index contributed by atoms with van der Waals surface area (Å²) in [6.07, 6.45) is 12.7. The van der Waals surface area contributed by atoms with Crippen LogP contribution in [0.4, 0.5) is 0 Å². The Balaban J connectivity index is 5.00. The molecule has 1 N–H and O–H groups in total. The van der Waals surface area contributed by atoms with Crippen molar-refractivity contribution in [2.45, 2.75) is 161 Å². The van der Waals surface area contributed by atoms with Crippen molar-refractivity contribution in [2.75, 3.05) is 6.61 Å². The van der Waals surface area contributed by atoms with Gasteiger partial charge >= 0.3 is 0 Å². The fourth-order valence-electron chi connectivity index (χ4n) is 3.32. The molecule has 0 aliphatic carbocycles. The topological polar surface area (TPSA) is 38.7 Å². The van der Waals surface area contributed by atoms with Crippen LogP contribution in [0.2, 0.25) is 36.3 Å². The van der Waals surface area contributed by atoms with E-state index >= 15 is 0 Å². The van der Waals surface area contributed by atoms with Gasteiger partial charge in [0.2, 0.25) is 0 Å². The molecule has 0 aliphatic rings. The maximum Gasteiger partial charge on any atom is 0.192 e. The molecule has 5 heteroatoms. The van der Waals surface area contributed by atoms with Crippen molar-refractivity contribution in [1.29, 1.82) is 0 Å². The smallest absolute Gasteiger partial charge is 0.192 e. The molecule has 0 saturated carbocycles. The number of hydrogen-bond acceptors (Lipinski definition) is 3. The molecule has 0 bridgehead atoms. The van der Waals surface area contributed by atoms with Crippen molar-refractivity contribution in [3.63, 3.8) is 0 Å². The van der Waals surface area contributed by atoms with Crippen LogP contribution in [0.3, 0.4) is 0 Å². The Morgan fingerprint density at radius 3 is 1.32 bits per heavy atom. The predicted octanol–water partition coefficient (Wildman–Crippen LogP) is 8.68. The van der Waals surface area contributed by atoms with Gasteiger partial charge in [0, 0.05) is 0 Å². The lowest BCUT2D eigenvalue weighted by Gasteiger charge is -2.44. The Morgan fingerprint density at radius 2 is 0.968 bits per heavy atom. The molecule has 0 aromatic heterocycles. The number of aliphatic hydroxyl groups excluding tert-OH is 1. The molecule has 0 spiro atoms. The van der Waals surface area contributed by atoms with E-state index in [2.05, 4.69) is 74.7 Å². The van der Waals surface area contributed by atoms with Gasteiger partial charge in [-0.25, -0.2) is 0 Å². The second-order valence-corrected chi connectivity index (χ2v) is 22.1. The highest BCUT2D eigenvalue weighted by Crippen LogP contribution is 2.41. The maximum atomic E-state index is 10.3. The minimum atomic E-state index is -1.97. The minimum Gasteiger partial charge on any atom is -0.411 e. The van der Waals surface area contributed by atoms with Crippen molar-refractivity contribution in [3.8, 4) is 0 Å². The Bertz CT molecular complexity index is 464. The molecule has 188 valence electrons. The normalized spacial score (nSPS) is 15.9. The molecule has 2 atom stereocenters. The molecule has 0 rings (SSSR count). The third kappa shape index (κ3) is 11.8. The summed E-state index contributed by atoms with van der Waals surface area (Å²) >= 11 is 0. The van der Waals surface area contributed by atoms with E-state index < -0.39 is 16.6 Å². The molecule has 0 radical (unpaired) electrons. The van der Waals surface area contributed by atoms with Crippen LogP contribution in [0.1, 0.15) is 113 Å². The number of rotatable bonds is 16. The molecular formula is C26H58O3Si2. The lowest BCUT2D eigenvalue weighted by Crippen LogP contribution is -2.53. The van der Waals surface area contributed by atoms with E-state index in [9.17, 15) is 5.11 Å². The van der Waals surface area contributed by atoms with E-state index in [0.29, 0.717) is 0 Å². The van der Waals surface area contributed by atoms with Crippen LogP contribution in [0, 0.1) is 0 Å². The summed E-state index contributed by atoms with van der Waals surface area (Å²) in [5, 5.41) is 10.6. The van der Waals surface area contributed by atoms with Crippen LogP contribution in [-0.4, -0.2) is 40.6 Å². The molecule has 0 heterocycles. The molecule has 0 aliphatic heterocycles. The average Bonchev–Trinajstić information content (AvgIpc) is 2.62. The summed E-state index contributed by atoms with van der Waals surface area (Å²) in [5.74, 6) is 0. The molecule has 0 unspecified atom stereocenters. The van der Waals surface area contributed by atoms with E-state index in [1.807, 2.05) is 0 Å². The molecule has 31 heavy (non-hydrogen) atoms. The zero-order chi connectivity index (χ0) is 24.3. The first kappa shape index (κ1) is 31.3. The number of aliphatic hydroxyl groups is 1. The number of hydrogen-bond donors (Lipinski definition) is 1. The molecule has 0 saturated heterocycles. The summed E-state index contributed by atoms with van der Waals surface area (Å²) in [6, 6.07) is 0. The van der Waals surface area contributed by atoms with Gasteiger partial charge in [-0.2, -0.15) is 0 Å². The molecule has 0 fully saturated rings. The molecule has 3 nitrogen and oxygen atoms in total. The van der Waals surface area contributed by atoms with Crippen molar-refractivity contribution in [1.82, 2.24) is 0 Å². The van der Waals surface area contributed by atoms with E-state index in [4.69, 9.17) is 8.85 Å². The standard InChI is InChI=1S/C26H58O3Si2/c1-12-13-14-15-16-17-18-19-20-21-23(28-30(8,9)25(2,3)4)24(22-27)29-31(10,11)26(5,6)7/h23-24,27H,12-22H2,1-11H3/t23-,24-/m0/s1. The van der Waals surface area contributed by atoms with E-state index in [1.165, 1.54) is 51.4 Å². The molecular weight excluding hydrogens is 416 g/mol. The lowest BCUT2D eigenvalue weighted by molar-refractivity contribution is -0.00412. The largest absolute Gasteiger partial charge is 0.411 e. The van der Waals surface area contributed by atoms with Crippen LogP contribution < -0.4 is 0 Å². The SMILES string of the molecule is CCCCCCCCCCC[C@H](O[Si](C)(C)C(C)(C)C)[C@H](CO)O[Si](C)(C)C(C)(C)C. The summed E-state index contributed by atoms with van der Waals surface area (Å²) in [5.41, 5.74) is 0. The second kappa shape index (κ2) is 13.9. The van der Waals surface area contributed by atoms with Crippen LogP contribution >= 0.6 is 0 Å². The van der Waals surface area contributed by atoms with Crippen molar-refractivity contribution < 1.29 is 14.0 Å². The van der Waals surface area contributed by atoms with Gasteiger partial charge in [-0.15, -0.1) is 0 Å². The van der Waals surface area contributed by atoms with Crippen LogP contribution in [-0.2, 0) is 8.85 Å². The zero-order valence-corrected chi connectivity index (χ0v) is 25.2. The summed E-state index contributed by atoms with van der Waals surface area (Å²) in [6.45, 7) is 25.2. The van der Waals surface area contributed by atoms with Crippen LogP contribution in [0.5, 0.6) is 0 Å². The van der Waals surface area contributed by atoms with Crippen molar-refractivity contribution in [3.05, 3.63) is 0 Å². The number of unbranched alkanes of at least 4 members (excludes halogenated alkanes) is 8. The van der Waals surface area contributed by atoms with Gasteiger partial charge in [-0.1, -0.05) is 106 Å². The quantitative estimate of drug-likeness (QED) is 0.179. The van der Waals surface area contributed by atoms with Crippen LogP contribution in [0.25, 0.3) is 0 Å².